The summed E-state index contributed by atoms with van der Waals surface area (Å²) in [6.07, 6.45) is 0.0222. The van der Waals surface area contributed by atoms with Crippen molar-refractivity contribution in [2.45, 2.75) is 20.3 Å². The van der Waals surface area contributed by atoms with E-state index in [1.807, 2.05) is 0 Å². The normalized spacial score (nSPS) is 12.1. The molecule has 0 saturated heterocycles. The maximum Gasteiger partial charge on any atom is 0.338 e. The topological polar surface area (TPSA) is 151 Å². The quantitative estimate of drug-likeness (QED) is 0.391. The summed E-state index contributed by atoms with van der Waals surface area (Å²) in [7, 11) is 0. The Kier molecular flexibility index (Phi) is 7.51. The zero-order valence-electron chi connectivity index (χ0n) is 16.7. The molecule has 158 valence electrons. The molecule has 1 heterocycles. The van der Waals surface area contributed by atoms with Crippen LogP contribution in [0.15, 0.2) is 36.4 Å². The molecule has 0 saturated carbocycles. The third-order valence-electron chi connectivity index (χ3n) is 4.07. The number of carbonyl (C=O) groups is 4. The van der Waals surface area contributed by atoms with E-state index in [2.05, 4.69) is 5.32 Å². The number of esters is 2. The van der Waals surface area contributed by atoms with Crippen LogP contribution in [0.1, 0.15) is 40.1 Å². The molecule has 30 heavy (non-hydrogen) atoms. The molecule has 0 unspecified atom stereocenters. The van der Waals surface area contributed by atoms with Gasteiger partial charge in [0, 0.05) is 12.1 Å². The first kappa shape index (κ1) is 22.4. The number of hydrogen-bond acceptors (Lipinski definition) is 8. The zero-order chi connectivity index (χ0) is 22.3. The summed E-state index contributed by atoms with van der Waals surface area (Å²) in [6, 6.07) is 9.42. The fraction of sp³-hybridized carbons (Fsp3) is 0.238. The van der Waals surface area contributed by atoms with Crippen molar-refractivity contribution >= 4 is 40.7 Å². The van der Waals surface area contributed by atoms with Gasteiger partial charge in [0.1, 0.15) is 0 Å². The van der Waals surface area contributed by atoms with Crippen LogP contribution in [0.3, 0.4) is 0 Å². The molecule has 9 nitrogen and oxygen atoms in total. The molecule has 2 aromatic rings. The van der Waals surface area contributed by atoms with Gasteiger partial charge < -0.3 is 26.3 Å². The second kappa shape index (κ2) is 10.1. The summed E-state index contributed by atoms with van der Waals surface area (Å²) in [4.78, 5) is 45.0. The standard InChI is InChI=1S/C12H11NO4.C9H12N2O2/c1-2-17-12(16)7-3-4-9-8(5-7)6-10(14)11(15)13-9;1-2-13-9(12)6-3-4-7(10)8(11)5-6/h3-5H,2,6H2,1H3,(H,13,15);3-5H,2,10-11H2,1H3. The molecule has 0 fully saturated rings. The minimum Gasteiger partial charge on any atom is -0.462 e. The number of rotatable bonds is 4. The Labute approximate surface area is 173 Å². The molecule has 0 radical (unpaired) electrons. The lowest BCUT2D eigenvalue weighted by molar-refractivity contribution is -0.134. The SMILES string of the molecule is CCOC(=O)c1ccc(N)c(N)c1.CCOC(=O)c1ccc2c(c1)CC(=O)C(=O)N2. The number of hydrogen-bond donors (Lipinski definition) is 3. The number of anilines is 3. The number of ketones is 1. The third kappa shape index (κ3) is 5.57. The van der Waals surface area contributed by atoms with Crippen LogP contribution in [-0.4, -0.2) is 36.8 Å². The lowest BCUT2D eigenvalue weighted by Crippen LogP contribution is -2.29. The van der Waals surface area contributed by atoms with Gasteiger partial charge in [-0.25, -0.2) is 9.59 Å². The van der Waals surface area contributed by atoms with E-state index in [9.17, 15) is 19.2 Å². The van der Waals surface area contributed by atoms with Crippen molar-refractivity contribution in [1.82, 2.24) is 0 Å². The van der Waals surface area contributed by atoms with Gasteiger partial charge in [0.2, 0.25) is 5.78 Å². The first-order valence-electron chi connectivity index (χ1n) is 9.23. The monoisotopic (exact) mass is 413 g/mol. The molecule has 2 aromatic carbocycles. The minimum atomic E-state index is -0.610. The van der Waals surface area contributed by atoms with Gasteiger partial charge in [-0.2, -0.15) is 0 Å². The molecule has 0 atom stereocenters. The van der Waals surface area contributed by atoms with Crippen molar-refractivity contribution in [3.63, 3.8) is 0 Å². The lowest BCUT2D eigenvalue weighted by Gasteiger charge is -2.16. The Balaban J connectivity index is 0.000000222. The molecule has 0 spiro atoms. The first-order chi connectivity index (χ1) is 14.3. The van der Waals surface area contributed by atoms with Gasteiger partial charge in [-0.05, 0) is 55.8 Å². The van der Waals surface area contributed by atoms with Gasteiger partial charge in [-0.15, -0.1) is 0 Å². The van der Waals surface area contributed by atoms with E-state index >= 15 is 0 Å². The average molecular weight is 413 g/mol. The van der Waals surface area contributed by atoms with E-state index in [4.69, 9.17) is 20.9 Å². The number of fused-ring (bicyclic) bond motifs is 1. The van der Waals surface area contributed by atoms with Crippen LogP contribution in [-0.2, 0) is 25.5 Å². The van der Waals surface area contributed by atoms with Crippen LogP contribution in [0, 0.1) is 0 Å². The minimum absolute atomic E-state index is 0.0222. The van der Waals surface area contributed by atoms with Crippen molar-refractivity contribution < 1.29 is 28.7 Å². The van der Waals surface area contributed by atoms with Gasteiger partial charge in [-0.3, -0.25) is 9.59 Å². The number of nitrogen functional groups attached to an aromatic ring is 2. The summed E-state index contributed by atoms with van der Waals surface area (Å²) in [5.74, 6) is -1.92. The largest absolute Gasteiger partial charge is 0.462 e. The van der Waals surface area contributed by atoms with Crippen LogP contribution in [0.4, 0.5) is 17.1 Å². The maximum atomic E-state index is 11.5. The Morgan fingerprint density at radius 2 is 1.47 bits per heavy atom. The summed E-state index contributed by atoms with van der Waals surface area (Å²) in [6.45, 7) is 4.12. The predicted octanol–water partition coefficient (Wildman–Crippen LogP) is 1.95. The van der Waals surface area contributed by atoms with E-state index in [1.54, 1.807) is 44.2 Å². The lowest BCUT2D eigenvalue weighted by atomic mass is 10.00. The Bertz CT molecular complexity index is 987. The van der Waals surface area contributed by atoms with Crippen LogP contribution >= 0.6 is 0 Å². The van der Waals surface area contributed by atoms with Crippen LogP contribution in [0.25, 0.3) is 0 Å². The van der Waals surface area contributed by atoms with E-state index in [0.29, 0.717) is 47.0 Å². The van der Waals surface area contributed by atoms with E-state index < -0.39 is 17.7 Å². The Hall–Kier alpha value is -3.88. The fourth-order valence-electron chi connectivity index (χ4n) is 2.56. The predicted molar refractivity (Wildman–Crippen MR) is 111 cm³/mol. The van der Waals surface area contributed by atoms with Crippen molar-refractivity contribution in [3.05, 3.63) is 53.1 Å². The third-order valence-corrected chi connectivity index (χ3v) is 4.07. The summed E-state index contributed by atoms with van der Waals surface area (Å²) in [5.41, 5.74) is 13.9. The number of carbonyl (C=O) groups excluding carboxylic acids is 4. The molecular formula is C21H23N3O6. The molecule has 1 aliphatic rings. The number of Topliss-reactive ketones (excluding diaryl/α,β-unsaturated/α-hetero) is 1. The van der Waals surface area contributed by atoms with E-state index in [0.717, 1.165) is 0 Å². The van der Waals surface area contributed by atoms with Gasteiger partial charge in [0.05, 0.1) is 35.7 Å². The molecule has 0 bridgehead atoms. The molecule has 1 aliphatic heterocycles. The van der Waals surface area contributed by atoms with Gasteiger partial charge in [0.15, 0.2) is 0 Å². The highest BCUT2D eigenvalue weighted by molar-refractivity contribution is 6.42. The molecule has 9 heteroatoms. The van der Waals surface area contributed by atoms with Crippen molar-refractivity contribution in [2.24, 2.45) is 0 Å². The smallest absolute Gasteiger partial charge is 0.338 e. The molecule has 5 N–H and O–H groups in total. The molecule has 3 rings (SSSR count). The molecular weight excluding hydrogens is 390 g/mol. The molecule has 1 amide bonds. The molecule has 0 aliphatic carbocycles. The van der Waals surface area contributed by atoms with Crippen molar-refractivity contribution in [1.29, 1.82) is 0 Å². The number of benzene rings is 2. The summed E-state index contributed by atoms with van der Waals surface area (Å²) < 4.78 is 9.64. The van der Waals surface area contributed by atoms with Gasteiger partial charge in [0.25, 0.3) is 5.91 Å². The summed E-state index contributed by atoms with van der Waals surface area (Å²) >= 11 is 0. The van der Waals surface area contributed by atoms with Gasteiger partial charge in [-0.1, -0.05) is 0 Å². The summed E-state index contributed by atoms with van der Waals surface area (Å²) in [5, 5.41) is 2.47. The maximum absolute atomic E-state index is 11.5. The number of nitrogens with one attached hydrogen (secondary N) is 1. The number of ether oxygens (including phenoxy) is 2. The highest BCUT2D eigenvalue weighted by Gasteiger charge is 2.24. The fourth-order valence-corrected chi connectivity index (χ4v) is 2.56. The van der Waals surface area contributed by atoms with Gasteiger partial charge >= 0.3 is 11.9 Å². The Morgan fingerprint density at radius 1 is 0.900 bits per heavy atom. The Morgan fingerprint density at radius 3 is 2.03 bits per heavy atom. The number of amides is 1. The highest BCUT2D eigenvalue weighted by atomic mass is 16.5. The number of nitrogens with two attached hydrogens (primary N) is 2. The average Bonchev–Trinajstić information content (AvgIpc) is 2.71. The first-order valence-corrected chi connectivity index (χ1v) is 9.23. The zero-order valence-corrected chi connectivity index (χ0v) is 16.7. The molecule has 0 aromatic heterocycles. The highest BCUT2D eigenvalue weighted by Crippen LogP contribution is 2.22. The van der Waals surface area contributed by atoms with Crippen LogP contribution < -0.4 is 16.8 Å². The van der Waals surface area contributed by atoms with E-state index in [1.165, 1.54) is 6.07 Å². The van der Waals surface area contributed by atoms with Crippen LogP contribution in [0.5, 0.6) is 0 Å². The van der Waals surface area contributed by atoms with E-state index in [-0.39, 0.29) is 12.4 Å². The van der Waals surface area contributed by atoms with Crippen molar-refractivity contribution in [3.8, 4) is 0 Å². The second-order valence-electron chi connectivity index (χ2n) is 6.21. The van der Waals surface area contributed by atoms with Crippen molar-refractivity contribution in [2.75, 3.05) is 30.0 Å². The second-order valence-corrected chi connectivity index (χ2v) is 6.21. The van der Waals surface area contributed by atoms with Crippen LogP contribution in [0.2, 0.25) is 0 Å².